The van der Waals surface area contributed by atoms with Crippen LogP contribution in [0.1, 0.15) is 0 Å². The first-order chi connectivity index (χ1) is 1.00. The summed E-state index contributed by atoms with van der Waals surface area (Å²) in [6.07, 6.45) is 0. The van der Waals surface area contributed by atoms with E-state index in [0.717, 1.165) is 0 Å². The zero-order valence-electron chi connectivity index (χ0n) is 3.13. The first-order valence-corrected chi connectivity index (χ1v) is 1.37. The van der Waals surface area contributed by atoms with Gasteiger partial charge in [-0.25, -0.2) is 0 Å². The Kier molecular flexibility index (Phi) is 511. The molecule has 3 nitrogen and oxygen atoms in total. The molecule has 7 heteroatoms. The van der Waals surface area contributed by atoms with E-state index in [1.54, 1.807) is 0 Å². The van der Waals surface area contributed by atoms with Crippen LogP contribution in [0.5, 0.6) is 0 Å². The summed E-state index contributed by atoms with van der Waals surface area (Å²) in [5, 5.41) is 0. The van der Waals surface area contributed by atoms with Gasteiger partial charge in [-0.05, 0) is 0 Å². The van der Waals surface area contributed by atoms with E-state index in [2.05, 4.69) is 0 Å². The van der Waals surface area contributed by atoms with Gasteiger partial charge in [-0.15, -0.1) is 0 Å². The monoisotopic (exact) mass is 490 g/mol. The van der Waals surface area contributed by atoms with E-state index in [0.29, 0.717) is 22.5 Å². The smallest absolute Gasteiger partial charge is 0 e. The zero-order valence-corrected chi connectivity index (χ0v) is 12.9. The van der Waals surface area contributed by atoms with Crippen molar-refractivity contribution in [2.24, 2.45) is 0 Å². The quantitative estimate of drug-likeness (QED) is 0.413. The van der Waals surface area contributed by atoms with Crippen LogP contribution in [0.3, 0.4) is 0 Å². The van der Waals surface area contributed by atoms with E-state index in [4.69, 9.17) is 3.08 Å². The van der Waals surface area contributed by atoms with E-state index >= 15 is 0 Å². The summed E-state index contributed by atoms with van der Waals surface area (Å²) in [6.45, 7) is 0. The molecule has 0 aliphatic rings. The Morgan fingerprint density at radius 3 is 1.00 bits per heavy atom. The Balaban J connectivity index is -0.000000000500. The molecule has 0 aromatic rings. The topological polar surface area (TPSA) is 74.1 Å². The Morgan fingerprint density at radius 2 is 1.00 bits per heavy atom. The average Bonchev–Trinajstić information content (AvgIpc) is 1.00. The van der Waals surface area contributed by atoms with Crippen LogP contribution in [0.2, 0.25) is 0 Å². The molecule has 0 amide bonds. The van der Waals surface area contributed by atoms with Crippen molar-refractivity contribution < 1.29 is 83.0 Å². The van der Waals surface area contributed by atoms with Crippen LogP contribution in [0.25, 0.3) is 0 Å². The van der Waals surface area contributed by atoms with Crippen LogP contribution < -0.4 is 0 Å². The fourth-order valence-corrected chi connectivity index (χ4v) is 0. The summed E-state index contributed by atoms with van der Waals surface area (Å²) in [7, 11) is 0. The predicted molar refractivity (Wildman–Crippen MR) is 7.81 cm³/mol. The fraction of sp³-hybridized carbons (Fsp3) is 0. The molecule has 32 valence electrons. The maximum Gasteiger partial charge on any atom is 4.00 e. The molecule has 0 atom stereocenters. The van der Waals surface area contributed by atoms with Gasteiger partial charge in [0.05, 0.1) is 0 Å². The molecule has 0 saturated carbocycles. The van der Waals surface area contributed by atoms with Gasteiger partial charge in [0, 0.05) is 21.1 Å². The molecule has 0 aliphatic heterocycles. The summed E-state index contributed by atoms with van der Waals surface area (Å²) < 4.78 is 8.34. The van der Waals surface area contributed by atoms with Gasteiger partial charge < -0.3 is 11.0 Å². The summed E-state index contributed by atoms with van der Waals surface area (Å²) in [6, 6.07) is 0. The molecule has 0 bridgehead atoms. The minimum Gasteiger partial charge on any atom is 0 e. The van der Waals surface area contributed by atoms with E-state index in [1.807, 2.05) is 0 Å². The van der Waals surface area contributed by atoms with Gasteiger partial charge >= 0.3 is 73.5 Å². The van der Waals surface area contributed by atoms with E-state index in [1.165, 1.54) is 0 Å². The number of hydrogen-bond donors (Lipinski definition) is 0. The van der Waals surface area contributed by atoms with Crippen LogP contribution in [-0.2, 0) is 83.0 Å². The SMILES string of the molecule is [O-2].[O-2].[O]=[Sn].[Ti+4].[W].[Zr+4]. The maximum atomic E-state index is 8.34. The van der Waals surface area contributed by atoms with Gasteiger partial charge in [-0.3, -0.25) is 0 Å². The van der Waals surface area contributed by atoms with Gasteiger partial charge in [0.2, 0.25) is 0 Å². The van der Waals surface area contributed by atoms with Crippen LogP contribution in [0.15, 0.2) is 0 Å². The van der Waals surface area contributed by atoms with E-state index in [9.17, 15) is 0 Å². The molecule has 0 aromatic heterocycles. The van der Waals surface area contributed by atoms with Gasteiger partial charge in [0.15, 0.2) is 0 Å². The third-order valence-corrected chi connectivity index (χ3v) is 0. The third kappa shape index (κ3) is 51.8. The molecule has 0 saturated heterocycles. The minimum atomic E-state index is 0. The molecule has 0 rings (SSSR count). The van der Waals surface area contributed by atoms with Crippen molar-refractivity contribution in [3.63, 3.8) is 0 Å². The van der Waals surface area contributed by atoms with Gasteiger partial charge in [-0.2, -0.15) is 0 Å². The molecular formula is O3SnTiWZr+4. The van der Waals surface area contributed by atoms with Crippen LogP contribution in [0.4, 0.5) is 0 Å². The van der Waals surface area contributed by atoms with Crippen LogP contribution in [-0.4, -0.2) is 22.5 Å². The van der Waals surface area contributed by atoms with E-state index < -0.39 is 0 Å². The standard InChI is InChI=1S/3O.Sn.Ti.W.Zr/q;2*-2;;+4;;+4. The van der Waals surface area contributed by atoms with Gasteiger partial charge in [-0.1, -0.05) is 0 Å². The summed E-state index contributed by atoms with van der Waals surface area (Å²) in [5.41, 5.74) is 0. The third-order valence-electron chi connectivity index (χ3n) is 0. The molecular weight excluding hydrogens is 490 g/mol. The summed E-state index contributed by atoms with van der Waals surface area (Å²) in [4.78, 5) is 0. The molecule has 0 unspecified atom stereocenters. The van der Waals surface area contributed by atoms with Crippen molar-refractivity contribution in [1.82, 2.24) is 0 Å². The Morgan fingerprint density at radius 1 is 1.00 bits per heavy atom. The Bertz CT molecular complexity index is 14.9. The predicted octanol–water partition coefficient (Wildman–Crippen LogP) is -0.745. The first-order valence-electron chi connectivity index (χ1n) is 0.204. The van der Waals surface area contributed by atoms with Crippen molar-refractivity contribution in [3.05, 3.63) is 0 Å². The molecule has 0 heterocycles. The van der Waals surface area contributed by atoms with Crippen molar-refractivity contribution >= 4 is 22.5 Å². The van der Waals surface area contributed by atoms with Gasteiger partial charge in [0.25, 0.3) is 0 Å². The van der Waals surface area contributed by atoms with Crippen LogP contribution in [0, 0.1) is 0 Å². The second-order valence-electron chi connectivity index (χ2n) is 0. The van der Waals surface area contributed by atoms with Gasteiger partial charge in [0.1, 0.15) is 0 Å². The molecule has 0 aliphatic carbocycles. The van der Waals surface area contributed by atoms with E-state index in [-0.39, 0.29) is 79.9 Å². The van der Waals surface area contributed by atoms with Crippen LogP contribution >= 0.6 is 0 Å². The average molecular weight is 490 g/mol. The second-order valence-corrected chi connectivity index (χ2v) is 0. The summed E-state index contributed by atoms with van der Waals surface area (Å²) in [5.74, 6) is 0. The molecule has 2 radical (unpaired) electrons. The zero-order chi connectivity index (χ0) is 2.00. The number of rotatable bonds is 0. The number of hydrogen-bond acceptors (Lipinski definition) is 1. The van der Waals surface area contributed by atoms with Crippen molar-refractivity contribution in [2.75, 3.05) is 0 Å². The maximum absolute atomic E-state index is 8.34. The Labute approximate surface area is 104 Å². The normalized spacial score (nSPS) is 0.571. The molecule has 0 spiro atoms. The molecule has 0 fully saturated rings. The van der Waals surface area contributed by atoms with Crippen molar-refractivity contribution in [1.29, 1.82) is 0 Å². The van der Waals surface area contributed by atoms with Crippen molar-refractivity contribution in [2.45, 2.75) is 0 Å². The Hall–Kier alpha value is 2.80. The van der Waals surface area contributed by atoms with Crippen molar-refractivity contribution in [3.8, 4) is 0 Å². The first kappa shape index (κ1) is 52.5. The molecule has 7 heavy (non-hydrogen) atoms. The summed E-state index contributed by atoms with van der Waals surface area (Å²) >= 11 is 0.300. The molecule has 0 aromatic carbocycles. The molecule has 0 N–H and O–H groups in total. The largest absolute Gasteiger partial charge is 4.00 e. The second kappa shape index (κ2) is 68.2. The minimum absolute atomic E-state index is 0. The fourth-order valence-electron chi connectivity index (χ4n) is 0.